The van der Waals surface area contributed by atoms with Crippen LogP contribution < -0.4 is 10.5 Å². The van der Waals surface area contributed by atoms with Crippen molar-refractivity contribution >= 4 is 21.6 Å². The quantitative estimate of drug-likeness (QED) is 0.841. The average Bonchev–Trinajstić information content (AvgIpc) is 2.24. The Labute approximate surface area is 97.7 Å². The van der Waals surface area contributed by atoms with E-state index >= 15 is 0 Å². The van der Waals surface area contributed by atoms with Crippen LogP contribution in [0.1, 0.15) is 12.8 Å². The molecule has 0 spiro atoms. The van der Waals surface area contributed by atoms with E-state index in [-0.39, 0.29) is 6.10 Å². The van der Waals surface area contributed by atoms with Crippen molar-refractivity contribution in [2.45, 2.75) is 18.9 Å². The third-order valence-corrected chi connectivity index (χ3v) is 2.93. The van der Waals surface area contributed by atoms with Crippen LogP contribution in [0.3, 0.4) is 0 Å². The van der Waals surface area contributed by atoms with Crippen molar-refractivity contribution in [2.24, 2.45) is 0 Å². The van der Waals surface area contributed by atoms with Crippen LogP contribution in [-0.2, 0) is 4.74 Å². The highest BCUT2D eigenvalue weighted by Gasteiger charge is 2.16. The number of nitrogens with two attached hydrogens (primary N) is 1. The molecule has 0 amide bonds. The number of benzene rings is 1. The Balaban J connectivity index is 2.03. The van der Waals surface area contributed by atoms with Gasteiger partial charge in [-0.3, -0.25) is 0 Å². The van der Waals surface area contributed by atoms with Gasteiger partial charge < -0.3 is 15.2 Å². The van der Waals surface area contributed by atoms with Crippen LogP contribution >= 0.6 is 15.9 Å². The Morgan fingerprint density at radius 1 is 1.33 bits per heavy atom. The molecule has 1 saturated heterocycles. The molecule has 2 N–H and O–H groups in total. The van der Waals surface area contributed by atoms with Gasteiger partial charge >= 0.3 is 0 Å². The predicted molar refractivity (Wildman–Crippen MR) is 63.0 cm³/mol. The van der Waals surface area contributed by atoms with Crippen molar-refractivity contribution in [1.29, 1.82) is 0 Å². The minimum Gasteiger partial charge on any atom is -0.488 e. The van der Waals surface area contributed by atoms with Crippen molar-refractivity contribution < 1.29 is 9.47 Å². The third-order valence-electron chi connectivity index (χ3n) is 2.43. The van der Waals surface area contributed by atoms with E-state index < -0.39 is 0 Å². The number of anilines is 1. The second kappa shape index (κ2) is 4.86. The molecule has 0 bridgehead atoms. The maximum Gasteiger partial charge on any atom is 0.142 e. The maximum absolute atomic E-state index is 5.85. The van der Waals surface area contributed by atoms with Crippen LogP contribution in [0.5, 0.6) is 5.75 Å². The molecule has 1 fully saturated rings. The summed E-state index contributed by atoms with van der Waals surface area (Å²) < 4.78 is 12.1. The van der Waals surface area contributed by atoms with Gasteiger partial charge in [0.1, 0.15) is 11.9 Å². The van der Waals surface area contributed by atoms with E-state index in [0.29, 0.717) is 5.69 Å². The van der Waals surface area contributed by atoms with E-state index in [9.17, 15) is 0 Å². The highest BCUT2D eigenvalue weighted by atomic mass is 79.9. The van der Waals surface area contributed by atoms with E-state index in [4.69, 9.17) is 15.2 Å². The fraction of sp³-hybridized carbons (Fsp3) is 0.455. The van der Waals surface area contributed by atoms with Gasteiger partial charge in [0, 0.05) is 17.3 Å². The molecular formula is C11H14BrNO2. The first kappa shape index (κ1) is 10.8. The fourth-order valence-electron chi connectivity index (χ4n) is 1.60. The van der Waals surface area contributed by atoms with Crippen molar-refractivity contribution in [3.8, 4) is 5.75 Å². The second-order valence-corrected chi connectivity index (χ2v) is 4.53. The summed E-state index contributed by atoms with van der Waals surface area (Å²) in [6.45, 7) is 1.56. The molecular weight excluding hydrogens is 258 g/mol. The fourth-order valence-corrected chi connectivity index (χ4v) is 1.98. The lowest BCUT2D eigenvalue weighted by Gasteiger charge is -2.23. The largest absolute Gasteiger partial charge is 0.488 e. The zero-order valence-electron chi connectivity index (χ0n) is 8.41. The molecule has 2 rings (SSSR count). The van der Waals surface area contributed by atoms with Crippen LogP contribution in [-0.4, -0.2) is 19.3 Å². The van der Waals surface area contributed by atoms with Crippen molar-refractivity contribution in [2.75, 3.05) is 18.9 Å². The van der Waals surface area contributed by atoms with Crippen LogP contribution in [0.4, 0.5) is 5.69 Å². The van der Waals surface area contributed by atoms with Gasteiger partial charge in [0.05, 0.1) is 18.9 Å². The van der Waals surface area contributed by atoms with E-state index in [1.807, 2.05) is 18.2 Å². The van der Waals surface area contributed by atoms with E-state index in [0.717, 1.165) is 36.3 Å². The van der Waals surface area contributed by atoms with Crippen LogP contribution in [0, 0.1) is 0 Å². The molecule has 82 valence electrons. The Morgan fingerprint density at radius 3 is 2.73 bits per heavy atom. The highest BCUT2D eigenvalue weighted by Crippen LogP contribution is 2.27. The van der Waals surface area contributed by atoms with Crippen LogP contribution in [0.25, 0.3) is 0 Å². The number of halogens is 1. The molecule has 0 aliphatic carbocycles. The Hall–Kier alpha value is -0.740. The van der Waals surface area contributed by atoms with Crippen molar-refractivity contribution in [3.05, 3.63) is 22.7 Å². The van der Waals surface area contributed by atoms with Crippen LogP contribution in [0.15, 0.2) is 22.7 Å². The summed E-state index contributed by atoms with van der Waals surface area (Å²) in [6.07, 6.45) is 2.12. The molecule has 1 aliphatic rings. The lowest BCUT2D eigenvalue weighted by atomic mass is 10.1. The smallest absolute Gasteiger partial charge is 0.142 e. The SMILES string of the molecule is Nc1cc(Br)ccc1OC1CCOCC1. The first-order chi connectivity index (χ1) is 7.25. The summed E-state index contributed by atoms with van der Waals surface area (Å²) in [7, 11) is 0. The molecule has 3 nitrogen and oxygen atoms in total. The molecule has 0 unspecified atom stereocenters. The zero-order valence-corrected chi connectivity index (χ0v) is 10.00. The molecule has 1 aromatic rings. The minimum absolute atomic E-state index is 0.238. The first-order valence-electron chi connectivity index (χ1n) is 5.05. The molecule has 4 heteroatoms. The molecule has 0 atom stereocenters. The monoisotopic (exact) mass is 271 g/mol. The van der Waals surface area contributed by atoms with Crippen molar-refractivity contribution in [3.63, 3.8) is 0 Å². The molecule has 1 aromatic carbocycles. The molecule has 1 heterocycles. The van der Waals surface area contributed by atoms with Gasteiger partial charge in [0.2, 0.25) is 0 Å². The van der Waals surface area contributed by atoms with Gasteiger partial charge in [-0.15, -0.1) is 0 Å². The maximum atomic E-state index is 5.85. The highest BCUT2D eigenvalue weighted by molar-refractivity contribution is 9.10. The van der Waals surface area contributed by atoms with Gasteiger partial charge in [-0.2, -0.15) is 0 Å². The number of rotatable bonds is 2. The lowest BCUT2D eigenvalue weighted by molar-refractivity contribution is 0.0258. The summed E-state index contributed by atoms with van der Waals surface area (Å²) in [5.41, 5.74) is 6.53. The van der Waals surface area contributed by atoms with E-state index in [1.54, 1.807) is 0 Å². The van der Waals surface area contributed by atoms with Gasteiger partial charge in [-0.05, 0) is 18.2 Å². The summed E-state index contributed by atoms with van der Waals surface area (Å²) in [4.78, 5) is 0. The number of hydrogen-bond acceptors (Lipinski definition) is 3. The molecule has 0 aromatic heterocycles. The van der Waals surface area contributed by atoms with Gasteiger partial charge in [-0.25, -0.2) is 0 Å². The van der Waals surface area contributed by atoms with Gasteiger partial charge in [0.25, 0.3) is 0 Å². The topological polar surface area (TPSA) is 44.5 Å². The molecule has 1 aliphatic heterocycles. The molecule has 15 heavy (non-hydrogen) atoms. The minimum atomic E-state index is 0.238. The average molecular weight is 272 g/mol. The summed E-state index contributed by atoms with van der Waals surface area (Å²) in [5, 5.41) is 0. The Kier molecular flexibility index (Phi) is 3.49. The van der Waals surface area contributed by atoms with Gasteiger partial charge in [-0.1, -0.05) is 15.9 Å². The van der Waals surface area contributed by atoms with E-state index in [2.05, 4.69) is 15.9 Å². The number of ether oxygens (including phenoxy) is 2. The summed E-state index contributed by atoms with van der Waals surface area (Å²) >= 11 is 3.37. The van der Waals surface area contributed by atoms with Crippen molar-refractivity contribution in [1.82, 2.24) is 0 Å². The normalized spacial score (nSPS) is 17.7. The third kappa shape index (κ3) is 2.86. The first-order valence-corrected chi connectivity index (χ1v) is 5.84. The zero-order chi connectivity index (χ0) is 10.7. The molecule has 0 radical (unpaired) electrons. The van der Waals surface area contributed by atoms with Gasteiger partial charge in [0.15, 0.2) is 0 Å². The van der Waals surface area contributed by atoms with Crippen LogP contribution in [0.2, 0.25) is 0 Å². The summed E-state index contributed by atoms with van der Waals surface area (Å²) in [5.74, 6) is 0.769. The number of hydrogen-bond donors (Lipinski definition) is 1. The van der Waals surface area contributed by atoms with E-state index in [1.165, 1.54) is 0 Å². The second-order valence-electron chi connectivity index (χ2n) is 3.61. The predicted octanol–water partition coefficient (Wildman–Crippen LogP) is 2.59. The standard InChI is InChI=1S/C11H14BrNO2/c12-8-1-2-11(10(13)7-8)15-9-3-5-14-6-4-9/h1-2,7,9H,3-6,13H2. The Bertz CT molecular complexity index is 337. The molecule has 0 saturated carbocycles. The number of nitrogen functional groups attached to an aromatic ring is 1. The lowest BCUT2D eigenvalue weighted by Crippen LogP contribution is -2.26. The Morgan fingerprint density at radius 2 is 2.07 bits per heavy atom. The summed E-state index contributed by atoms with van der Waals surface area (Å²) in [6, 6.07) is 5.69.